The predicted molar refractivity (Wildman–Crippen MR) is 81.0 cm³/mol. The number of nitrogens with two attached hydrogens (primary N) is 1. The summed E-state index contributed by atoms with van der Waals surface area (Å²) in [6.07, 6.45) is 4.59. The average Bonchev–Trinajstić information content (AvgIpc) is 3.07. The number of rotatable bonds is 6. The zero-order valence-electron chi connectivity index (χ0n) is 11.1. The van der Waals surface area contributed by atoms with Gasteiger partial charge in [-0.25, -0.2) is 8.42 Å². The number of nitrogens with one attached hydrogen (secondary N) is 2. The lowest BCUT2D eigenvalue weighted by molar-refractivity contribution is 0.0956. The van der Waals surface area contributed by atoms with Gasteiger partial charge in [-0.3, -0.25) is 4.79 Å². The van der Waals surface area contributed by atoms with Crippen LogP contribution in [-0.2, 0) is 9.84 Å². The van der Waals surface area contributed by atoms with Gasteiger partial charge < -0.3 is 16.4 Å². The van der Waals surface area contributed by atoms with Gasteiger partial charge in [0, 0.05) is 18.8 Å². The Bertz CT molecular complexity index is 645. The van der Waals surface area contributed by atoms with Gasteiger partial charge in [0.2, 0.25) is 0 Å². The average molecular weight is 315 g/mol. The number of carbonyl (C=O) groups excluding carboxylic acids is 1. The fourth-order valence-corrected chi connectivity index (χ4v) is 4.21. The van der Waals surface area contributed by atoms with Crippen LogP contribution < -0.4 is 16.4 Å². The van der Waals surface area contributed by atoms with Crippen LogP contribution in [0.5, 0.6) is 0 Å². The largest absolute Gasteiger partial charge is 0.396 e. The molecule has 4 N–H and O–H groups in total. The highest BCUT2D eigenvalue weighted by Gasteiger charge is 2.30. The van der Waals surface area contributed by atoms with Crippen molar-refractivity contribution in [3.63, 3.8) is 0 Å². The molecule has 1 saturated carbocycles. The van der Waals surface area contributed by atoms with E-state index in [1.54, 1.807) is 6.08 Å². The van der Waals surface area contributed by atoms with Crippen LogP contribution in [0.2, 0.25) is 0 Å². The number of hydrogen-bond acceptors (Lipinski definition) is 6. The van der Waals surface area contributed by atoms with Crippen LogP contribution in [-0.4, -0.2) is 33.2 Å². The van der Waals surface area contributed by atoms with Gasteiger partial charge in [0.05, 0.1) is 5.69 Å². The molecular formula is C12H17N3O3S2. The predicted octanol–water partition coefficient (Wildman–Crippen LogP) is 1.22. The van der Waals surface area contributed by atoms with Crippen LogP contribution in [0.3, 0.4) is 0 Å². The Morgan fingerprint density at radius 3 is 2.70 bits per heavy atom. The Hall–Kier alpha value is -1.54. The number of amides is 1. The Labute approximate surface area is 122 Å². The van der Waals surface area contributed by atoms with Gasteiger partial charge in [0.15, 0.2) is 9.84 Å². The second kappa shape index (κ2) is 5.45. The third-order valence-electron chi connectivity index (χ3n) is 2.80. The molecule has 0 atom stereocenters. The van der Waals surface area contributed by atoms with E-state index < -0.39 is 9.84 Å². The number of nitrogen functional groups attached to an aromatic ring is 1. The molecule has 0 radical (unpaired) electrons. The van der Waals surface area contributed by atoms with E-state index in [1.165, 1.54) is 0 Å². The van der Waals surface area contributed by atoms with E-state index in [0.717, 1.165) is 30.4 Å². The molecule has 1 fully saturated rings. The zero-order valence-corrected chi connectivity index (χ0v) is 12.7. The van der Waals surface area contributed by atoms with Crippen molar-refractivity contribution in [2.45, 2.75) is 23.8 Å². The summed E-state index contributed by atoms with van der Waals surface area (Å²) in [5, 5.41) is 6.10. The van der Waals surface area contributed by atoms with E-state index in [0.29, 0.717) is 11.5 Å². The molecule has 8 heteroatoms. The number of sulfone groups is 1. The van der Waals surface area contributed by atoms with Gasteiger partial charge in [-0.2, -0.15) is 0 Å². The van der Waals surface area contributed by atoms with Crippen molar-refractivity contribution in [2.75, 3.05) is 23.9 Å². The molecule has 0 saturated heterocycles. The van der Waals surface area contributed by atoms with E-state index in [2.05, 4.69) is 17.2 Å². The SMILES string of the molecule is C=CCNc1sc(C(=O)NC2CC2)c(N)c1S(C)(=O)=O. The highest BCUT2D eigenvalue weighted by molar-refractivity contribution is 7.91. The first kappa shape index (κ1) is 14.9. The Balaban J connectivity index is 2.40. The molecule has 1 aliphatic rings. The fourth-order valence-electron chi connectivity index (χ4n) is 1.73. The van der Waals surface area contributed by atoms with E-state index in [-0.39, 0.29) is 27.4 Å². The van der Waals surface area contributed by atoms with Crippen molar-refractivity contribution in [3.8, 4) is 0 Å². The van der Waals surface area contributed by atoms with Crippen LogP contribution in [0.15, 0.2) is 17.6 Å². The summed E-state index contributed by atoms with van der Waals surface area (Å²) in [6.45, 7) is 3.96. The van der Waals surface area contributed by atoms with E-state index in [9.17, 15) is 13.2 Å². The minimum atomic E-state index is -3.51. The normalized spacial score (nSPS) is 14.8. The summed E-state index contributed by atoms with van der Waals surface area (Å²) in [6, 6.07) is 0.190. The number of anilines is 2. The van der Waals surface area contributed by atoms with Crippen LogP contribution in [0.25, 0.3) is 0 Å². The molecule has 1 amide bonds. The molecule has 1 aromatic rings. The topological polar surface area (TPSA) is 101 Å². The molecule has 20 heavy (non-hydrogen) atoms. The Morgan fingerprint density at radius 1 is 1.55 bits per heavy atom. The maximum absolute atomic E-state index is 12.1. The fraction of sp³-hybridized carbons (Fsp3) is 0.417. The van der Waals surface area contributed by atoms with Gasteiger partial charge in [-0.1, -0.05) is 6.08 Å². The standard InChI is InChI=1S/C12H17N3O3S2/c1-3-6-14-12-10(20(2,17)18)8(13)9(19-12)11(16)15-7-4-5-7/h3,7,14H,1,4-6,13H2,2H3,(H,15,16). The van der Waals surface area contributed by atoms with Crippen molar-refractivity contribution in [3.05, 3.63) is 17.5 Å². The van der Waals surface area contributed by atoms with Crippen LogP contribution in [0.1, 0.15) is 22.5 Å². The molecule has 0 spiro atoms. The summed E-state index contributed by atoms with van der Waals surface area (Å²) in [4.78, 5) is 12.3. The van der Waals surface area contributed by atoms with Gasteiger partial charge in [-0.15, -0.1) is 17.9 Å². The molecule has 0 unspecified atom stereocenters. The van der Waals surface area contributed by atoms with Crippen LogP contribution in [0.4, 0.5) is 10.7 Å². The molecule has 1 aliphatic carbocycles. The third-order valence-corrected chi connectivity index (χ3v) is 5.25. The summed E-state index contributed by atoms with van der Waals surface area (Å²) in [7, 11) is -3.51. The van der Waals surface area contributed by atoms with Crippen molar-refractivity contribution < 1.29 is 13.2 Å². The highest BCUT2D eigenvalue weighted by atomic mass is 32.2. The first-order valence-corrected chi connectivity index (χ1v) is 8.83. The number of carbonyl (C=O) groups is 1. The van der Waals surface area contributed by atoms with Gasteiger partial charge >= 0.3 is 0 Å². The minimum absolute atomic E-state index is 0.00898. The van der Waals surface area contributed by atoms with E-state index >= 15 is 0 Å². The summed E-state index contributed by atoms with van der Waals surface area (Å²) >= 11 is 1.06. The van der Waals surface area contributed by atoms with Gasteiger partial charge in [-0.05, 0) is 12.8 Å². The zero-order chi connectivity index (χ0) is 14.9. The van der Waals surface area contributed by atoms with E-state index in [4.69, 9.17) is 5.73 Å². The van der Waals surface area contributed by atoms with Crippen LogP contribution in [0, 0.1) is 0 Å². The lowest BCUT2D eigenvalue weighted by Crippen LogP contribution is -2.25. The molecular weight excluding hydrogens is 298 g/mol. The van der Waals surface area contributed by atoms with Gasteiger partial charge in [0.1, 0.15) is 14.8 Å². The van der Waals surface area contributed by atoms with Crippen molar-refractivity contribution in [1.29, 1.82) is 0 Å². The van der Waals surface area contributed by atoms with Crippen molar-refractivity contribution in [1.82, 2.24) is 5.32 Å². The Kier molecular flexibility index (Phi) is 4.05. The molecule has 0 bridgehead atoms. The molecule has 1 heterocycles. The second-order valence-electron chi connectivity index (χ2n) is 4.69. The lowest BCUT2D eigenvalue weighted by Gasteiger charge is -2.04. The lowest BCUT2D eigenvalue weighted by atomic mass is 10.3. The maximum atomic E-state index is 12.1. The maximum Gasteiger partial charge on any atom is 0.263 e. The quantitative estimate of drug-likeness (QED) is 0.685. The number of hydrogen-bond donors (Lipinski definition) is 3. The monoisotopic (exact) mass is 315 g/mol. The molecule has 110 valence electrons. The highest BCUT2D eigenvalue weighted by Crippen LogP contribution is 2.39. The first-order chi connectivity index (χ1) is 9.34. The van der Waals surface area contributed by atoms with Crippen molar-refractivity contribution in [2.24, 2.45) is 0 Å². The summed E-state index contributed by atoms with van der Waals surface area (Å²) in [5.41, 5.74) is 5.88. The molecule has 0 aliphatic heterocycles. The number of thiophene rings is 1. The molecule has 2 rings (SSSR count). The molecule has 0 aromatic carbocycles. The second-order valence-corrected chi connectivity index (χ2v) is 7.67. The summed E-state index contributed by atoms with van der Waals surface area (Å²) in [5.74, 6) is -0.313. The smallest absolute Gasteiger partial charge is 0.263 e. The van der Waals surface area contributed by atoms with Gasteiger partial charge in [0.25, 0.3) is 5.91 Å². The van der Waals surface area contributed by atoms with Crippen LogP contribution >= 0.6 is 11.3 Å². The minimum Gasteiger partial charge on any atom is -0.396 e. The van der Waals surface area contributed by atoms with E-state index in [1.807, 2.05) is 0 Å². The molecule has 6 nitrogen and oxygen atoms in total. The Morgan fingerprint density at radius 2 is 2.20 bits per heavy atom. The third kappa shape index (κ3) is 3.13. The molecule has 1 aromatic heterocycles. The summed E-state index contributed by atoms with van der Waals surface area (Å²) < 4.78 is 23.7. The van der Waals surface area contributed by atoms with Crippen molar-refractivity contribution >= 4 is 37.8 Å². The first-order valence-electron chi connectivity index (χ1n) is 6.12.